The van der Waals surface area contributed by atoms with E-state index in [9.17, 15) is 15.0 Å². The van der Waals surface area contributed by atoms with Crippen molar-refractivity contribution in [3.63, 3.8) is 0 Å². The molecule has 1 aliphatic heterocycles. The highest BCUT2D eigenvalue weighted by molar-refractivity contribution is 8.18. The predicted octanol–water partition coefficient (Wildman–Crippen LogP) is 3.69. The topological polar surface area (TPSA) is 81.9 Å². The second-order valence-electron chi connectivity index (χ2n) is 5.47. The van der Waals surface area contributed by atoms with Gasteiger partial charge in [0, 0.05) is 0 Å². The molecule has 0 atom stereocenters. The van der Waals surface area contributed by atoms with Crippen LogP contribution in [0, 0.1) is 6.92 Å². The SMILES string of the molecule is C/C(=C1/SC(=Nc2cc(C)ccc2O)NC1=O)c1ccc(O)cc1. The van der Waals surface area contributed by atoms with Crippen LogP contribution < -0.4 is 5.32 Å². The van der Waals surface area contributed by atoms with E-state index in [-0.39, 0.29) is 17.4 Å². The zero-order valence-corrected chi connectivity index (χ0v) is 14.0. The van der Waals surface area contributed by atoms with Crippen LogP contribution in [0.5, 0.6) is 11.5 Å². The summed E-state index contributed by atoms with van der Waals surface area (Å²) in [5.74, 6) is 0.0179. The lowest BCUT2D eigenvalue weighted by molar-refractivity contribution is -0.115. The highest BCUT2D eigenvalue weighted by atomic mass is 32.2. The number of aromatic hydroxyl groups is 2. The molecule has 24 heavy (non-hydrogen) atoms. The number of phenols is 2. The number of hydrogen-bond donors (Lipinski definition) is 3. The van der Waals surface area contributed by atoms with Crippen LogP contribution in [0.3, 0.4) is 0 Å². The number of nitrogens with one attached hydrogen (secondary N) is 1. The van der Waals surface area contributed by atoms with E-state index in [0.29, 0.717) is 15.8 Å². The number of amidine groups is 1. The molecule has 5 nitrogen and oxygen atoms in total. The van der Waals surface area contributed by atoms with Gasteiger partial charge >= 0.3 is 0 Å². The minimum Gasteiger partial charge on any atom is -0.508 e. The van der Waals surface area contributed by atoms with Crippen molar-refractivity contribution in [1.29, 1.82) is 0 Å². The Labute approximate surface area is 143 Å². The predicted molar refractivity (Wildman–Crippen MR) is 96.4 cm³/mol. The van der Waals surface area contributed by atoms with E-state index in [1.807, 2.05) is 13.8 Å². The van der Waals surface area contributed by atoms with E-state index in [0.717, 1.165) is 16.7 Å². The van der Waals surface area contributed by atoms with Crippen LogP contribution in [-0.4, -0.2) is 21.3 Å². The van der Waals surface area contributed by atoms with Crippen LogP contribution in [0.15, 0.2) is 52.4 Å². The number of rotatable bonds is 2. The number of amides is 1. The van der Waals surface area contributed by atoms with Gasteiger partial charge in [-0.2, -0.15) is 0 Å². The Hall–Kier alpha value is -2.73. The Kier molecular flexibility index (Phi) is 4.31. The van der Waals surface area contributed by atoms with Crippen molar-refractivity contribution < 1.29 is 15.0 Å². The maximum Gasteiger partial charge on any atom is 0.264 e. The Morgan fingerprint density at radius 1 is 1.12 bits per heavy atom. The first-order valence-corrected chi connectivity index (χ1v) is 8.13. The third-order valence-corrected chi connectivity index (χ3v) is 4.70. The molecule has 3 rings (SSSR count). The van der Waals surface area contributed by atoms with Crippen molar-refractivity contribution in [3.05, 3.63) is 58.5 Å². The van der Waals surface area contributed by atoms with Gasteiger partial charge in [0.2, 0.25) is 0 Å². The number of hydrogen-bond acceptors (Lipinski definition) is 5. The van der Waals surface area contributed by atoms with E-state index in [4.69, 9.17) is 0 Å². The van der Waals surface area contributed by atoms with Crippen molar-refractivity contribution >= 4 is 34.1 Å². The summed E-state index contributed by atoms with van der Waals surface area (Å²) in [4.78, 5) is 17.1. The lowest BCUT2D eigenvalue weighted by atomic mass is 10.1. The molecule has 0 saturated carbocycles. The highest BCUT2D eigenvalue weighted by Gasteiger charge is 2.26. The molecule has 1 fully saturated rings. The Bertz CT molecular complexity index is 870. The zero-order valence-electron chi connectivity index (χ0n) is 13.2. The molecule has 1 heterocycles. The van der Waals surface area contributed by atoms with Gasteiger partial charge in [0.1, 0.15) is 17.2 Å². The van der Waals surface area contributed by atoms with Gasteiger partial charge in [-0.25, -0.2) is 4.99 Å². The molecule has 3 N–H and O–H groups in total. The summed E-state index contributed by atoms with van der Waals surface area (Å²) >= 11 is 1.23. The van der Waals surface area contributed by atoms with Crippen LogP contribution in [0.2, 0.25) is 0 Å². The van der Waals surface area contributed by atoms with E-state index in [1.54, 1.807) is 42.5 Å². The molecular weight excluding hydrogens is 324 g/mol. The number of allylic oxidation sites excluding steroid dienone is 1. The minimum absolute atomic E-state index is 0.0654. The highest BCUT2D eigenvalue weighted by Crippen LogP contribution is 2.35. The lowest BCUT2D eigenvalue weighted by Crippen LogP contribution is -2.19. The van der Waals surface area contributed by atoms with Gasteiger partial charge in [-0.15, -0.1) is 0 Å². The van der Waals surface area contributed by atoms with Gasteiger partial charge in [0.25, 0.3) is 5.91 Å². The van der Waals surface area contributed by atoms with Crippen molar-refractivity contribution in [1.82, 2.24) is 5.32 Å². The summed E-state index contributed by atoms with van der Waals surface area (Å²) in [5, 5.41) is 22.4. The van der Waals surface area contributed by atoms with Gasteiger partial charge in [-0.05, 0) is 66.6 Å². The second-order valence-corrected chi connectivity index (χ2v) is 6.47. The standard InChI is InChI=1S/C18H16N2O3S/c1-10-3-8-15(22)14(9-10)19-18-20-17(23)16(24-18)11(2)12-4-6-13(21)7-5-12/h3-9,21-22H,1-2H3,(H,19,20,23)/b16-11-. The molecule has 0 bridgehead atoms. The Morgan fingerprint density at radius 3 is 2.54 bits per heavy atom. The summed E-state index contributed by atoms with van der Waals surface area (Å²) in [6, 6.07) is 11.8. The molecule has 1 aliphatic rings. The molecule has 0 radical (unpaired) electrons. The molecule has 1 amide bonds. The number of aliphatic imine (C=N–C) groups is 1. The average Bonchev–Trinajstić information content (AvgIpc) is 2.91. The van der Waals surface area contributed by atoms with E-state index in [2.05, 4.69) is 10.3 Å². The number of thioether (sulfide) groups is 1. The number of carbonyl (C=O) groups excluding carboxylic acids is 1. The van der Waals surface area contributed by atoms with E-state index >= 15 is 0 Å². The van der Waals surface area contributed by atoms with Crippen LogP contribution >= 0.6 is 11.8 Å². The first-order valence-electron chi connectivity index (χ1n) is 7.32. The van der Waals surface area contributed by atoms with Crippen LogP contribution in [0.1, 0.15) is 18.1 Å². The van der Waals surface area contributed by atoms with Gasteiger partial charge in [0.15, 0.2) is 5.17 Å². The van der Waals surface area contributed by atoms with Crippen LogP contribution in [0.4, 0.5) is 5.69 Å². The number of phenolic OH excluding ortho intramolecular Hbond substituents is 2. The fourth-order valence-corrected chi connectivity index (χ4v) is 3.19. The summed E-state index contributed by atoms with van der Waals surface area (Å²) in [6.07, 6.45) is 0. The summed E-state index contributed by atoms with van der Waals surface area (Å²) in [6.45, 7) is 3.76. The number of aryl methyl sites for hydroxylation is 1. The van der Waals surface area contributed by atoms with Crippen molar-refractivity contribution in [2.75, 3.05) is 0 Å². The smallest absolute Gasteiger partial charge is 0.264 e. The largest absolute Gasteiger partial charge is 0.508 e. The number of nitrogens with zero attached hydrogens (tertiary/aromatic N) is 1. The number of benzene rings is 2. The quantitative estimate of drug-likeness (QED) is 0.728. The van der Waals surface area contributed by atoms with Gasteiger partial charge < -0.3 is 15.5 Å². The van der Waals surface area contributed by atoms with E-state index in [1.165, 1.54) is 11.8 Å². The second kappa shape index (κ2) is 6.41. The van der Waals surface area contributed by atoms with Crippen LogP contribution in [0.25, 0.3) is 5.57 Å². The molecule has 2 aromatic rings. The zero-order chi connectivity index (χ0) is 17.3. The monoisotopic (exact) mass is 340 g/mol. The molecule has 1 saturated heterocycles. The lowest BCUT2D eigenvalue weighted by Gasteiger charge is -2.04. The maximum absolute atomic E-state index is 12.2. The first kappa shape index (κ1) is 16.1. The van der Waals surface area contributed by atoms with Gasteiger partial charge in [0.05, 0.1) is 4.91 Å². The summed E-state index contributed by atoms with van der Waals surface area (Å²) < 4.78 is 0. The third-order valence-electron chi connectivity index (χ3n) is 3.62. The van der Waals surface area contributed by atoms with Crippen LogP contribution in [-0.2, 0) is 4.79 Å². The minimum atomic E-state index is -0.225. The normalized spacial score (nSPS) is 17.9. The maximum atomic E-state index is 12.2. The van der Waals surface area contributed by atoms with Crippen molar-refractivity contribution in [3.8, 4) is 11.5 Å². The molecule has 0 spiro atoms. The molecular formula is C18H16N2O3S. The average molecular weight is 340 g/mol. The van der Waals surface area contributed by atoms with Gasteiger partial charge in [-0.1, -0.05) is 18.2 Å². The Morgan fingerprint density at radius 2 is 1.83 bits per heavy atom. The van der Waals surface area contributed by atoms with E-state index < -0.39 is 0 Å². The van der Waals surface area contributed by atoms with Crippen molar-refractivity contribution in [2.24, 2.45) is 4.99 Å². The van der Waals surface area contributed by atoms with Gasteiger partial charge in [-0.3, -0.25) is 4.79 Å². The number of carbonyl (C=O) groups is 1. The fourth-order valence-electron chi connectivity index (χ4n) is 2.29. The molecule has 0 aliphatic carbocycles. The molecule has 0 unspecified atom stereocenters. The Balaban J connectivity index is 1.93. The fraction of sp³-hybridized carbons (Fsp3) is 0.111. The summed E-state index contributed by atoms with van der Waals surface area (Å²) in [7, 11) is 0. The molecule has 122 valence electrons. The van der Waals surface area contributed by atoms with Crippen molar-refractivity contribution in [2.45, 2.75) is 13.8 Å². The molecule has 0 aromatic heterocycles. The molecule has 2 aromatic carbocycles. The third kappa shape index (κ3) is 3.28. The summed E-state index contributed by atoms with van der Waals surface area (Å²) in [5.41, 5.74) is 3.04. The first-order chi connectivity index (χ1) is 11.4. The molecule has 6 heteroatoms.